The van der Waals surface area contributed by atoms with Crippen molar-refractivity contribution in [3.8, 4) is 0 Å². The van der Waals surface area contributed by atoms with Crippen molar-refractivity contribution >= 4 is 11.6 Å². The summed E-state index contributed by atoms with van der Waals surface area (Å²) in [6, 6.07) is 7.20. The van der Waals surface area contributed by atoms with Crippen molar-refractivity contribution in [2.45, 2.75) is 32.6 Å². The highest BCUT2D eigenvalue weighted by Crippen LogP contribution is 2.36. The van der Waals surface area contributed by atoms with E-state index in [1.54, 1.807) is 12.1 Å². The third-order valence-electron chi connectivity index (χ3n) is 3.69. The van der Waals surface area contributed by atoms with Crippen LogP contribution >= 0.6 is 0 Å². The summed E-state index contributed by atoms with van der Waals surface area (Å²) in [6.45, 7) is 2.99. The Kier molecular flexibility index (Phi) is 3.36. The summed E-state index contributed by atoms with van der Waals surface area (Å²) >= 11 is 0. The third-order valence-corrected chi connectivity index (χ3v) is 3.69. The second-order valence-electron chi connectivity index (χ2n) is 5.29. The highest BCUT2D eigenvalue weighted by Gasteiger charge is 2.29. The van der Waals surface area contributed by atoms with Crippen molar-refractivity contribution in [2.75, 3.05) is 12.3 Å². The Labute approximate surface area is 102 Å². The molecule has 1 aromatic rings. The van der Waals surface area contributed by atoms with Crippen molar-refractivity contribution in [3.05, 3.63) is 29.8 Å². The van der Waals surface area contributed by atoms with Crippen molar-refractivity contribution in [1.82, 2.24) is 5.32 Å². The van der Waals surface area contributed by atoms with Gasteiger partial charge in [-0.05, 0) is 30.4 Å². The lowest BCUT2D eigenvalue weighted by atomic mass is 9.89. The normalized spacial score (nSPS) is 17.9. The van der Waals surface area contributed by atoms with Crippen molar-refractivity contribution in [3.63, 3.8) is 0 Å². The molecule has 1 amide bonds. The first-order valence-corrected chi connectivity index (χ1v) is 6.23. The molecule has 0 unspecified atom stereocenters. The number of carbonyl (C=O) groups excluding carboxylic acids is 1. The SMILES string of the molecule is CC1(CNC(=O)c2ccccc2N)CCCC1. The summed E-state index contributed by atoms with van der Waals surface area (Å²) < 4.78 is 0. The Hall–Kier alpha value is -1.51. The first kappa shape index (κ1) is 12.0. The van der Waals surface area contributed by atoms with Gasteiger partial charge >= 0.3 is 0 Å². The molecule has 0 atom stereocenters. The van der Waals surface area contributed by atoms with Crippen molar-refractivity contribution in [2.24, 2.45) is 5.41 Å². The first-order valence-electron chi connectivity index (χ1n) is 6.23. The molecule has 0 aliphatic heterocycles. The second kappa shape index (κ2) is 4.78. The standard InChI is InChI=1S/C14H20N2O/c1-14(8-4-5-9-14)10-16-13(17)11-6-2-3-7-12(11)15/h2-3,6-7H,4-5,8-10,15H2,1H3,(H,16,17). The molecule has 1 fully saturated rings. The lowest BCUT2D eigenvalue weighted by molar-refractivity contribution is 0.0935. The Bertz CT molecular complexity index is 408. The summed E-state index contributed by atoms with van der Waals surface area (Å²) in [5, 5.41) is 3.00. The molecule has 1 aromatic carbocycles. The molecule has 1 saturated carbocycles. The lowest BCUT2D eigenvalue weighted by Gasteiger charge is -2.23. The van der Waals surface area contributed by atoms with Gasteiger partial charge < -0.3 is 11.1 Å². The molecule has 0 radical (unpaired) electrons. The van der Waals surface area contributed by atoms with E-state index >= 15 is 0 Å². The van der Waals surface area contributed by atoms with Gasteiger partial charge in [0, 0.05) is 12.2 Å². The second-order valence-corrected chi connectivity index (χ2v) is 5.29. The zero-order chi connectivity index (χ0) is 12.3. The molecular weight excluding hydrogens is 212 g/mol. The largest absolute Gasteiger partial charge is 0.398 e. The number of benzene rings is 1. The van der Waals surface area contributed by atoms with E-state index < -0.39 is 0 Å². The van der Waals surface area contributed by atoms with Gasteiger partial charge in [0.1, 0.15) is 0 Å². The van der Waals surface area contributed by atoms with E-state index in [9.17, 15) is 4.79 Å². The lowest BCUT2D eigenvalue weighted by Crippen LogP contribution is -2.34. The van der Waals surface area contributed by atoms with Crippen LogP contribution in [0.2, 0.25) is 0 Å². The van der Waals surface area contributed by atoms with Gasteiger partial charge in [0.15, 0.2) is 0 Å². The molecule has 1 aliphatic rings. The third kappa shape index (κ3) is 2.78. The van der Waals surface area contributed by atoms with Crippen LogP contribution in [0.15, 0.2) is 24.3 Å². The number of nitrogens with two attached hydrogens (primary N) is 1. The van der Waals surface area contributed by atoms with Crippen molar-refractivity contribution in [1.29, 1.82) is 0 Å². The fraction of sp³-hybridized carbons (Fsp3) is 0.500. The molecule has 3 nitrogen and oxygen atoms in total. The molecule has 0 bridgehead atoms. The molecule has 0 aromatic heterocycles. The summed E-state index contributed by atoms with van der Waals surface area (Å²) in [4.78, 5) is 12.0. The Morgan fingerprint density at radius 3 is 2.65 bits per heavy atom. The fourth-order valence-electron chi connectivity index (χ4n) is 2.50. The van der Waals surface area contributed by atoms with Gasteiger partial charge in [-0.3, -0.25) is 4.79 Å². The van der Waals surface area contributed by atoms with Crippen LogP contribution in [0.25, 0.3) is 0 Å². The Morgan fingerprint density at radius 2 is 2.00 bits per heavy atom. The van der Waals surface area contributed by atoms with Crippen LogP contribution in [0, 0.1) is 5.41 Å². The number of hydrogen-bond donors (Lipinski definition) is 2. The topological polar surface area (TPSA) is 55.1 Å². The summed E-state index contributed by atoms with van der Waals surface area (Å²) in [7, 11) is 0. The van der Waals surface area contributed by atoms with Crippen molar-refractivity contribution < 1.29 is 4.79 Å². The summed E-state index contributed by atoms with van der Waals surface area (Å²) in [6.07, 6.45) is 4.97. The summed E-state index contributed by atoms with van der Waals surface area (Å²) in [5.74, 6) is -0.0591. The maximum atomic E-state index is 12.0. The Morgan fingerprint density at radius 1 is 1.35 bits per heavy atom. The number of amides is 1. The molecule has 17 heavy (non-hydrogen) atoms. The van der Waals surface area contributed by atoms with Gasteiger partial charge in [-0.25, -0.2) is 0 Å². The van der Waals surface area contributed by atoms with E-state index in [2.05, 4.69) is 12.2 Å². The van der Waals surface area contributed by atoms with E-state index in [4.69, 9.17) is 5.73 Å². The van der Waals surface area contributed by atoms with Crippen LogP contribution in [0.1, 0.15) is 43.0 Å². The quantitative estimate of drug-likeness (QED) is 0.787. The summed E-state index contributed by atoms with van der Waals surface area (Å²) in [5.41, 5.74) is 7.18. The molecule has 92 valence electrons. The minimum atomic E-state index is -0.0591. The van der Waals surface area contributed by atoms with Gasteiger partial charge in [-0.2, -0.15) is 0 Å². The van der Waals surface area contributed by atoms with Crippen LogP contribution in [-0.4, -0.2) is 12.5 Å². The van der Waals surface area contributed by atoms with Gasteiger partial charge in [0.25, 0.3) is 5.91 Å². The molecule has 3 N–H and O–H groups in total. The number of nitrogens with one attached hydrogen (secondary N) is 1. The van der Waals surface area contributed by atoms with E-state index in [0.717, 1.165) is 6.54 Å². The van der Waals surface area contributed by atoms with Gasteiger partial charge in [-0.15, -0.1) is 0 Å². The highest BCUT2D eigenvalue weighted by molar-refractivity contribution is 5.99. The average molecular weight is 232 g/mol. The molecule has 2 rings (SSSR count). The average Bonchev–Trinajstić information content (AvgIpc) is 2.74. The van der Waals surface area contributed by atoms with Crippen LogP contribution in [0.3, 0.4) is 0 Å². The van der Waals surface area contributed by atoms with Gasteiger partial charge in [0.2, 0.25) is 0 Å². The fourth-order valence-corrected chi connectivity index (χ4v) is 2.50. The van der Waals surface area contributed by atoms with Gasteiger partial charge in [-0.1, -0.05) is 31.9 Å². The maximum Gasteiger partial charge on any atom is 0.253 e. The van der Waals surface area contributed by atoms with Crippen LogP contribution in [0.4, 0.5) is 5.69 Å². The van der Waals surface area contributed by atoms with Gasteiger partial charge in [0.05, 0.1) is 5.56 Å². The monoisotopic (exact) mass is 232 g/mol. The number of para-hydroxylation sites is 1. The molecule has 0 spiro atoms. The number of carbonyl (C=O) groups is 1. The zero-order valence-electron chi connectivity index (χ0n) is 10.3. The van der Waals surface area contributed by atoms with E-state index in [1.807, 2.05) is 12.1 Å². The van der Waals surface area contributed by atoms with E-state index in [1.165, 1.54) is 25.7 Å². The predicted octanol–water partition coefficient (Wildman–Crippen LogP) is 2.58. The Balaban J connectivity index is 1.96. The number of nitrogen functional groups attached to an aromatic ring is 1. The number of hydrogen-bond acceptors (Lipinski definition) is 2. The molecular formula is C14H20N2O. The van der Waals surface area contributed by atoms with E-state index in [-0.39, 0.29) is 11.3 Å². The molecule has 0 saturated heterocycles. The highest BCUT2D eigenvalue weighted by atomic mass is 16.1. The minimum absolute atomic E-state index is 0.0591. The van der Waals surface area contributed by atoms with Crippen LogP contribution in [-0.2, 0) is 0 Å². The minimum Gasteiger partial charge on any atom is -0.398 e. The molecule has 3 heteroatoms. The molecule has 0 heterocycles. The molecule has 1 aliphatic carbocycles. The number of rotatable bonds is 3. The van der Waals surface area contributed by atoms with Crippen LogP contribution in [0.5, 0.6) is 0 Å². The zero-order valence-corrected chi connectivity index (χ0v) is 10.3. The maximum absolute atomic E-state index is 12.0. The number of anilines is 1. The van der Waals surface area contributed by atoms with Crippen LogP contribution < -0.4 is 11.1 Å². The van der Waals surface area contributed by atoms with E-state index in [0.29, 0.717) is 11.3 Å². The predicted molar refractivity (Wildman–Crippen MR) is 69.8 cm³/mol. The smallest absolute Gasteiger partial charge is 0.253 e. The first-order chi connectivity index (χ1) is 8.11.